The van der Waals surface area contributed by atoms with Gasteiger partial charge in [0.2, 0.25) is 0 Å². The zero-order valence-electron chi connectivity index (χ0n) is 10.3. The fraction of sp³-hybridized carbons (Fsp3) is 0.909. The summed E-state index contributed by atoms with van der Waals surface area (Å²) in [7, 11) is 0. The molecule has 1 N–H and O–H groups in total. The zero-order chi connectivity index (χ0) is 11.7. The van der Waals surface area contributed by atoms with Crippen LogP contribution in [0.1, 0.15) is 40.5 Å². The Balaban J connectivity index is 3.32. The topological polar surface area (TPSA) is 47.6 Å². The van der Waals surface area contributed by atoms with Gasteiger partial charge in [-0.3, -0.25) is 0 Å². The Kier molecular flexibility index (Phi) is 7.13. The molecule has 0 saturated heterocycles. The van der Waals surface area contributed by atoms with Crippen molar-refractivity contribution >= 4 is 6.16 Å². The molecular weight excluding hydrogens is 194 g/mol. The van der Waals surface area contributed by atoms with Crippen molar-refractivity contribution in [1.29, 1.82) is 0 Å². The monoisotopic (exact) mass is 217 g/mol. The first-order valence-electron chi connectivity index (χ1n) is 5.52. The van der Waals surface area contributed by atoms with Crippen molar-refractivity contribution in [3.63, 3.8) is 0 Å². The van der Waals surface area contributed by atoms with E-state index in [4.69, 9.17) is 9.47 Å². The van der Waals surface area contributed by atoms with Crippen LogP contribution in [0.3, 0.4) is 0 Å². The summed E-state index contributed by atoms with van der Waals surface area (Å²) < 4.78 is 9.88. The quantitative estimate of drug-likeness (QED) is 0.548. The average Bonchev–Trinajstić information content (AvgIpc) is 2.08. The van der Waals surface area contributed by atoms with Crippen molar-refractivity contribution in [2.75, 3.05) is 19.7 Å². The van der Waals surface area contributed by atoms with Gasteiger partial charge in [0, 0.05) is 0 Å². The van der Waals surface area contributed by atoms with Crippen LogP contribution in [0.5, 0.6) is 0 Å². The third kappa shape index (κ3) is 11.2. The van der Waals surface area contributed by atoms with Gasteiger partial charge in [0.15, 0.2) is 0 Å². The second-order valence-corrected chi connectivity index (χ2v) is 4.42. The molecule has 4 heteroatoms. The molecule has 0 aliphatic carbocycles. The molecule has 0 atom stereocenters. The summed E-state index contributed by atoms with van der Waals surface area (Å²) in [5.41, 5.74) is -0.475. The Morgan fingerprint density at radius 3 is 2.47 bits per heavy atom. The van der Waals surface area contributed by atoms with Gasteiger partial charge >= 0.3 is 6.16 Å². The molecule has 0 aliphatic rings. The van der Waals surface area contributed by atoms with E-state index in [0.29, 0.717) is 6.61 Å². The van der Waals surface area contributed by atoms with E-state index < -0.39 is 11.8 Å². The molecule has 90 valence electrons. The summed E-state index contributed by atoms with van der Waals surface area (Å²) in [6.45, 7) is 9.85. The lowest BCUT2D eigenvalue weighted by Crippen LogP contribution is -2.25. The van der Waals surface area contributed by atoms with Gasteiger partial charge in [0.25, 0.3) is 0 Å². The zero-order valence-corrected chi connectivity index (χ0v) is 10.3. The van der Waals surface area contributed by atoms with E-state index in [0.717, 1.165) is 25.9 Å². The lowest BCUT2D eigenvalue weighted by Gasteiger charge is -2.18. The number of nitrogens with one attached hydrogen (secondary N) is 1. The molecule has 0 bridgehead atoms. The van der Waals surface area contributed by atoms with E-state index >= 15 is 0 Å². The minimum atomic E-state index is -0.585. The van der Waals surface area contributed by atoms with Crippen LogP contribution in [0, 0.1) is 0 Å². The largest absolute Gasteiger partial charge is 0.508 e. The van der Waals surface area contributed by atoms with Gasteiger partial charge in [0.05, 0.1) is 6.61 Å². The van der Waals surface area contributed by atoms with Crippen LogP contribution < -0.4 is 5.32 Å². The van der Waals surface area contributed by atoms with E-state index in [1.807, 2.05) is 20.8 Å². The molecule has 0 fully saturated rings. The van der Waals surface area contributed by atoms with Crippen molar-refractivity contribution in [2.24, 2.45) is 0 Å². The molecule has 0 aromatic heterocycles. The fourth-order valence-electron chi connectivity index (χ4n) is 0.934. The summed E-state index contributed by atoms with van der Waals surface area (Å²) in [6.07, 6.45) is 1.35. The SMILES string of the molecule is CCCNCCCOC(=O)OC(C)(C)C. The molecule has 0 aromatic rings. The van der Waals surface area contributed by atoms with Crippen molar-refractivity contribution in [3.8, 4) is 0 Å². The van der Waals surface area contributed by atoms with Crippen LogP contribution in [0.4, 0.5) is 4.79 Å². The van der Waals surface area contributed by atoms with E-state index in [1.165, 1.54) is 0 Å². The highest BCUT2D eigenvalue weighted by molar-refractivity contribution is 5.60. The average molecular weight is 217 g/mol. The molecule has 0 saturated carbocycles. The summed E-state index contributed by atoms with van der Waals surface area (Å²) in [6, 6.07) is 0. The molecule has 0 aromatic carbocycles. The third-order valence-corrected chi connectivity index (χ3v) is 1.53. The maximum atomic E-state index is 11.1. The number of carbonyl (C=O) groups is 1. The maximum Gasteiger partial charge on any atom is 0.508 e. The molecule has 0 radical (unpaired) electrons. The molecule has 0 amide bonds. The predicted molar refractivity (Wildman–Crippen MR) is 60.0 cm³/mol. The van der Waals surface area contributed by atoms with Gasteiger partial charge in [-0.25, -0.2) is 4.79 Å². The van der Waals surface area contributed by atoms with Gasteiger partial charge < -0.3 is 14.8 Å². The Hall–Kier alpha value is -0.770. The van der Waals surface area contributed by atoms with E-state index in [2.05, 4.69) is 12.2 Å². The fourth-order valence-corrected chi connectivity index (χ4v) is 0.934. The first-order valence-corrected chi connectivity index (χ1v) is 5.52. The first-order chi connectivity index (χ1) is 6.95. The van der Waals surface area contributed by atoms with Crippen molar-refractivity contribution in [1.82, 2.24) is 5.32 Å². The first kappa shape index (κ1) is 14.2. The molecule has 0 rings (SSSR count). The minimum absolute atomic E-state index is 0.408. The van der Waals surface area contributed by atoms with E-state index in [1.54, 1.807) is 0 Å². The summed E-state index contributed by atoms with van der Waals surface area (Å²) >= 11 is 0. The van der Waals surface area contributed by atoms with Crippen LogP contribution in [0.2, 0.25) is 0 Å². The number of hydrogen-bond acceptors (Lipinski definition) is 4. The number of rotatable bonds is 6. The molecule has 4 nitrogen and oxygen atoms in total. The molecule has 0 unspecified atom stereocenters. The molecule has 0 aliphatic heterocycles. The van der Waals surface area contributed by atoms with Crippen LogP contribution in [-0.2, 0) is 9.47 Å². The molecule has 0 spiro atoms. The van der Waals surface area contributed by atoms with Gasteiger partial charge in [-0.15, -0.1) is 0 Å². The lowest BCUT2D eigenvalue weighted by atomic mass is 10.2. The Bertz CT molecular complexity index is 175. The summed E-state index contributed by atoms with van der Waals surface area (Å²) in [5, 5.41) is 3.22. The van der Waals surface area contributed by atoms with Gasteiger partial charge in [-0.2, -0.15) is 0 Å². The predicted octanol–water partition coefficient (Wildman–Crippen LogP) is 2.33. The normalized spacial score (nSPS) is 11.2. The van der Waals surface area contributed by atoms with E-state index in [9.17, 15) is 4.79 Å². The molecule has 0 heterocycles. The number of ether oxygens (including phenoxy) is 2. The molecule has 15 heavy (non-hydrogen) atoms. The van der Waals surface area contributed by atoms with Crippen molar-refractivity contribution < 1.29 is 14.3 Å². The standard InChI is InChI=1S/C11H23NO3/c1-5-7-12-8-6-9-14-10(13)15-11(2,3)4/h12H,5-9H2,1-4H3. The second kappa shape index (κ2) is 7.51. The summed E-state index contributed by atoms with van der Waals surface area (Å²) in [4.78, 5) is 11.1. The van der Waals surface area contributed by atoms with E-state index in [-0.39, 0.29) is 0 Å². The highest BCUT2D eigenvalue weighted by Crippen LogP contribution is 2.07. The van der Waals surface area contributed by atoms with Gasteiger partial charge in [0.1, 0.15) is 5.60 Å². The van der Waals surface area contributed by atoms with Crippen LogP contribution in [0.25, 0.3) is 0 Å². The highest BCUT2D eigenvalue weighted by Gasteiger charge is 2.16. The maximum absolute atomic E-state index is 11.1. The number of carbonyl (C=O) groups excluding carboxylic acids is 1. The lowest BCUT2D eigenvalue weighted by molar-refractivity contribution is -0.00740. The Labute approximate surface area is 92.3 Å². The molecular formula is C11H23NO3. The van der Waals surface area contributed by atoms with Crippen molar-refractivity contribution in [3.05, 3.63) is 0 Å². The summed E-state index contributed by atoms with van der Waals surface area (Å²) in [5.74, 6) is 0. The van der Waals surface area contributed by atoms with Gasteiger partial charge in [-0.1, -0.05) is 6.92 Å². The highest BCUT2D eigenvalue weighted by atomic mass is 16.7. The second-order valence-electron chi connectivity index (χ2n) is 4.42. The third-order valence-electron chi connectivity index (χ3n) is 1.53. The van der Waals surface area contributed by atoms with Crippen LogP contribution in [-0.4, -0.2) is 31.5 Å². The van der Waals surface area contributed by atoms with Crippen LogP contribution in [0.15, 0.2) is 0 Å². The van der Waals surface area contributed by atoms with Gasteiger partial charge in [-0.05, 0) is 46.7 Å². The van der Waals surface area contributed by atoms with Crippen molar-refractivity contribution in [2.45, 2.75) is 46.1 Å². The minimum Gasteiger partial charge on any atom is -0.434 e. The van der Waals surface area contributed by atoms with Crippen LogP contribution >= 0.6 is 0 Å². The Morgan fingerprint density at radius 2 is 1.93 bits per heavy atom. The number of hydrogen-bond donors (Lipinski definition) is 1. The Morgan fingerprint density at radius 1 is 1.27 bits per heavy atom. The smallest absolute Gasteiger partial charge is 0.434 e.